The minimum atomic E-state index is 0.103. The Balaban J connectivity index is 1.51. The second-order valence-electron chi connectivity index (χ2n) is 6.87. The molecule has 1 amide bonds. The van der Waals surface area contributed by atoms with Crippen LogP contribution < -0.4 is 5.73 Å². The van der Waals surface area contributed by atoms with E-state index in [0.717, 1.165) is 63.8 Å². The van der Waals surface area contributed by atoms with Crippen LogP contribution in [0.5, 0.6) is 0 Å². The van der Waals surface area contributed by atoms with Gasteiger partial charge in [0.05, 0.1) is 27.6 Å². The van der Waals surface area contributed by atoms with E-state index in [0.29, 0.717) is 5.92 Å². The molecule has 2 aromatic heterocycles. The zero-order valence-electron chi connectivity index (χ0n) is 15.0. The molecule has 1 fully saturated rings. The van der Waals surface area contributed by atoms with Gasteiger partial charge in [-0.15, -0.1) is 11.3 Å². The van der Waals surface area contributed by atoms with Crippen LogP contribution in [0, 0.1) is 13.8 Å². The number of anilines is 1. The van der Waals surface area contributed by atoms with Crippen molar-refractivity contribution in [1.82, 2.24) is 14.9 Å². The predicted octanol–water partition coefficient (Wildman–Crippen LogP) is 3.91. The number of para-hydroxylation sites is 1. The molecule has 5 nitrogen and oxygen atoms in total. The van der Waals surface area contributed by atoms with Crippen molar-refractivity contribution >= 4 is 33.8 Å². The molecule has 0 bridgehead atoms. The number of fused-ring (bicyclic) bond motifs is 1. The van der Waals surface area contributed by atoms with Crippen molar-refractivity contribution in [1.29, 1.82) is 0 Å². The third-order valence-corrected chi connectivity index (χ3v) is 6.11. The molecule has 6 heteroatoms. The summed E-state index contributed by atoms with van der Waals surface area (Å²) in [4.78, 5) is 24.7. The predicted molar refractivity (Wildman–Crippen MR) is 106 cm³/mol. The molecule has 2 N–H and O–H groups in total. The van der Waals surface area contributed by atoms with Gasteiger partial charge in [-0.3, -0.25) is 9.78 Å². The van der Waals surface area contributed by atoms with Gasteiger partial charge < -0.3 is 10.6 Å². The molecule has 1 aromatic carbocycles. The first-order valence-corrected chi connectivity index (χ1v) is 9.73. The molecule has 0 radical (unpaired) electrons. The lowest BCUT2D eigenvalue weighted by atomic mass is 9.91. The molecule has 3 heterocycles. The fraction of sp³-hybridized carbons (Fsp3) is 0.350. The van der Waals surface area contributed by atoms with Gasteiger partial charge in [0.25, 0.3) is 5.91 Å². The van der Waals surface area contributed by atoms with E-state index < -0.39 is 0 Å². The summed E-state index contributed by atoms with van der Waals surface area (Å²) in [5, 5.41) is 2.01. The fourth-order valence-corrected chi connectivity index (χ4v) is 4.59. The van der Waals surface area contributed by atoms with Crippen LogP contribution in [0.2, 0.25) is 0 Å². The minimum absolute atomic E-state index is 0.103. The largest absolute Gasteiger partial charge is 0.397 e. The third kappa shape index (κ3) is 3.05. The summed E-state index contributed by atoms with van der Waals surface area (Å²) < 4.78 is 0. The van der Waals surface area contributed by atoms with Gasteiger partial charge in [-0.1, -0.05) is 18.2 Å². The zero-order chi connectivity index (χ0) is 18.3. The summed E-state index contributed by atoms with van der Waals surface area (Å²) in [6.45, 7) is 5.31. The van der Waals surface area contributed by atoms with Crippen LogP contribution in [-0.4, -0.2) is 33.9 Å². The van der Waals surface area contributed by atoms with E-state index >= 15 is 0 Å². The van der Waals surface area contributed by atoms with Crippen LogP contribution in [0.25, 0.3) is 10.9 Å². The van der Waals surface area contributed by atoms with E-state index in [1.807, 2.05) is 49.1 Å². The Labute approximate surface area is 156 Å². The smallest absolute Gasteiger partial charge is 0.265 e. The van der Waals surface area contributed by atoms with Gasteiger partial charge in [0.15, 0.2) is 0 Å². The molecule has 1 saturated heterocycles. The van der Waals surface area contributed by atoms with Gasteiger partial charge >= 0.3 is 0 Å². The second kappa shape index (κ2) is 6.68. The number of piperidine rings is 1. The van der Waals surface area contributed by atoms with Gasteiger partial charge in [-0.2, -0.15) is 0 Å². The average Bonchev–Trinajstić information content (AvgIpc) is 2.99. The molecular weight excluding hydrogens is 344 g/mol. The Bertz CT molecular complexity index is 973. The highest BCUT2D eigenvalue weighted by atomic mass is 32.1. The molecule has 1 aliphatic rings. The van der Waals surface area contributed by atoms with Crippen LogP contribution in [0.4, 0.5) is 5.69 Å². The molecule has 26 heavy (non-hydrogen) atoms. The highest BCUT2D eigenvalue weighted by Crippen LogP contribution is 2.33. The fourth-order valence-electron chi connectivity index (χ4n) is 3.70. The Kier molecular flexibility index (Phi) is 4.36. The molecule has 0 atom stereocenters. The molecule has 1 aliphatic heterocycles. The number of nitrogens with zero attached hydrogens (tertiary/aromatic N) is 3. The first-order valence-electron chi connectivity index (χ1n) is 8.91. The monoisotopic (exact) mass is 366 g/mol. The van der Waals surface area contributed by atoms with E-state index in [4.69, 9.17) is 10.7 Å². The summed E-state index contributed by atoms with van der Waals surface area (Å²) in [5.74, 6) is 0.402. The lowest BCUT2D eigenvalue weighted by molar-refractivity contribution is 0.0716. The summed E-state index contributed by atoms with van der Waals surface area (Å²) in [5.41, 5.74) is 9.81. The lowest BCUT2D eigenvalue weighted by Crippen LogP contribution is -2.38. The summed E-state index contributed by atoms with van der Waals surface area (Å²) >= 11 is 1.48. The van der Waals surface area contributed by atoms with Gasteiger partial charge in [0.2, 0.25) is 0 Å². The number of aromatic nitrogens is 2. The lowest BCUT2D eigenvalue weighted by Gasteiger charge is -2.32. The summed E-state index contributed by atoms with van der Waals surface area (Å²) in [6.07, 6.45) is 1.77. The number of hydrogen-bond donors (Lipinski definition) is 1. The Morgan fingerprint density at radius 1 is 1.19 bits per heavy atom. The number of likely N-dealkylation sites (tertiary alicyclic amines) is 1. The number of amides is 1. The topological polar surface area (TPSA) is 72.1 Å². The van der Waals surface area contributed by atoms with Crippen molar-refractivity contribution in [3.63, 3.8) is 0 Å². The highest BCUT2D eigenvalue weighted by Gasteiger charge is 2.28. The van der Waals surface area contributed by atoms with E-state index in [1.165, 1.54) is 11.3 Å². The Hall–Kier alpha value is -2.47. The van der Waals surface area contributed by atoms with E-state index in [2.05, 4.69) is 4.98 Å². The summed E-state index contributed by atoms with van der Waals surface area (Å²) in [6, 6.07) is 10.1. The molecular formula is C20H22N4OS. The second-order valence-corrected chi connectivity index (χ2v) is 8.07. The van der Waals surface area contributed by atoms with Gasteiger partial charge in [0, 0.05) is 24.4 Å². The number of nitrogen functional groups attached to an aromatic ring is 1. The standard InChI is InChI=1S/C20H22N4OS/c1-12-19(26-13(2)22-12)20(25)24-9-7-14(8-10-24)18-16(21)11-15-5-3-4-6-17(15)23-18/h3-6,11,14H,7-10,21H2,1-2H3. The molecule has 4 rings (SSSR count). The van der Waals surface area contributed by atoms with E-state index in [1.54, 1.807) is 0 Å². The van der Waals surface area contributed by atoms with Crippen molar-refractivity contribution in [2.75, 3.05) is 18.8 Å². The Morgan fingerprint density at radius 3 is 2.62 bits per heavy atom. The number of nitrogens with two attached hydrogens (primary N) is 1. The summed E-state index contributed by atoms with van der Waals surface area (Å²) in [7, 11) is 0. The van der Waals surface area contributed by atoms with Crippen molar-refractivity contribution in [3.05, 3.63) is 51.6 Å². The normalized spacial score (nSPS) is 15.5. The maximum atomic E-state index is 12.8. The molecule has 0 unspecified atom stereocenters. The van der Waals surface area contributed by atoms with Gasteiger partial charge in [0.1, 0.15) is 4.88 Å². The molecule has 134 valence electrons. The van der Waals surface area contributed by atoms with Crippen LogP contribution in [0.1, 0.15) is 44.8 Å². The van der Waals surface area contributed by atoms with Crippen molar-refractivity contribution in [2.24, 2.45) is 0 Å². The molecule has 0 saturated carbocycles. The van der Waals surface area contributed by atoms with Crippen LogP contribution >= 0.6 is 11.3 Å². The first-order chi connectivity index (χ1) is 12.5. The number of rotatable bonds is 2. The van der Waals surface area contributed by atoms with E-state index in [9.17, 15) is 4.79 Å². The van der Waals surface area contributed by atoms with Crippen LogP contribution in [0.3, 0.4) is 0 Å². The number of carbonyl (C=O) groups is 1. The average molecular weight is 366 g/mol. The maximum absolute atomic E-state index is 12.8. The zero-order valence-corrected chi connectivity index (χ0v) is 15.8. The van der Waals surface area contributed by atoms with Crippen molar-refractivity contribution < 1.29 is 4.79 Å². The SMILES string of the molecule is Cc1nc(C)c(C(=O)N2CCC(c3nc4ccccc4cc3N)CC2)s1. The van der Waals surface area contributed by atoms with Gasteiger partial charge in [-0.05, 0) is 38.8 Å². The van der Waals surface area contributed by atoms with Crippen LogP contribution in [0.15, 0.2) is 30.3 Å². The number of aryl methyl sites for hydroxylation is 2. The Morgan fingerprint density at radius 2 is 1.92 bits per heavy atom. The number of carbonyl (C=O) groups excluding carboxylic acids is 1. The molecule has 0 spiro atoms. The number of hydrogen-bond acceptors (Lipinski definition) is 5. The third-order valence-electron chi connectivity index (χ3n) is 5.05. The number of pyridine rings is 1. The van der Waals surface area contributed by atoms with Crippen LogP contribution in [-0.2, 0) is 0 Å². The number of thiazole rings is 1. The number of benzene rings is 1. The molecule has 3 aromatic rings. The van der Waals surface area contributed by atoms with Gasteiger partial charge in [-0.25, -0.2) is 4.98 Å². The van der Waals surface area contributed by atoms with Crippen molar-refractivity contribution in [2.45, 2.75) is 32.6 Å². The maximum Gasteiger partial charge on any atom is 0.265 e. The molecule has 0 aliphatic carbocycles. The quantitative estimate of drug-likeness (QED) is 0.746. The van der Waals surface area contributed by atoms with E-state index in [-0.39, 0.29) is 5.91 Å². The first kappa shape index (κ1) is 17.0. The highest BCUT2D eigenvalue weighted by molar-refractivity contribution is 7.13. The minimum Gasteiger partial charge on any atom is -0.397 e. The van der Waals surface area contributed by atoms with Crippen molar-refractivity contribution in [3.8, 4) is 0 Å².